The van der Waals surface area contributed by atoms with E-state index in [1.807, 2.05) is 0 Å². The lowest BCUT2D eigenvalue weighted by Gasteiger charge is -2.09. The third-order valence-electron chi connectivity index (χ3n) is 3.31. The SMILES string of the molecule is COc1cccc(NC(=O)c2cccc(NC(C#N)=C(C#N)C#N)c2)c1. The van der Waals surface area contributed by atoms with E-state index in [1.165, 1.54) is 13.2 Å². The Labute approximate surface area is 150 Å². The Hall–Kier alpha value is -4.28. The predicted molar refractivity (Wildman–Crippen MR) is 94.9 cm³/mol. The van der Waals surface area contributed by atoms with Crippen LogP contribution < -0.4 is 15.4 Å². The van der Waals surface area contributed by atoms with Crippen LogP contribution in [-0.2, 0) is 0 Å². The molecule has 2 rings (SSSR count). The minimum Gasteiger partial charge on any atom is -0.497 e. The summed E-state index contributed by atoms with van der Waals surface area (Å²) >= 11 is 0. The van der Waals surface area contributed by atoms with Crippen LogP contribution in [0, 0.1) is 34.0 Å². The van der Waals surface area contributed by atoms with Crippen molar-refractivity contribution in [2.75, 3.05) is 17.7 Å². The first-order chi connectivity index (χ1) is 12.6. The summed E-state index contributed by atoms with van der Waals surface area (Å²) in [5, 5.41) is 32.2. The average Bonchev–Trinajstić information content (AvgIpc) is 2.68. The van der Waals surface area contributed by atoms with Gasteiger partial charge in [-0.15, -0.1) is 0 Å². The molecule has 1 amide bonds. The van der Waals surface area contributed by atoms with E-state index in [4.69, 9.17) is 20.5 Å². The first kappa shape index (κ1) is 18.1. The van der Waals surface area contributed by atoms with Crippen molar-refractivity contribution in [3.63, 3.8) is 0 Å². The van der Waals surface area contributed by atoms with Crippen LogP contribution in [-0.4, -0.2) is 13.0 Å². The molecule has 0 unspecified atom stereocenters. The quantitative estimate of drug-likeness (QED) is 0.804. The molecule has 0 aliphatic carbocycles. The lowest BCUT2D eigenvalue weighted by Crippen LogP contribution is -2.12. The molecule has 2 aromatic carbocycles. The Morgan fingerprint density at radius 3 is 2.19 bits per heavy atom. The van der Waals surface area contributed by atoms with E-state index in [-0.39, 0.29) is 17.2 Å². The number of anilines is 2. The zero-order valence-corrected chi connectivity index (χ0v) is 13.8. The second-order valence-electron chi connectivity index (χ2n) is 4.98. The second-order valence-corrected chi connectivity index (χ2v) is 4.98. The molecule has 0 fully saturated rings. The Balaban J connectivity index is 2.22. The molecule has 0 spiro atoms. The van der Waals surface area contributed by atoms with Crippen LogP contribution in [0.5, 0.6) is 5.75 Å². The number of rotatable bonds is 5. The normalized spacial score (nSPS) is 9.00. The van der Waals surface area contributed by atoms with Crippen molar-refractivity contribution in [2.24, 2.45) is 0 Å². The van der Waals surface area contributed by atoms with Crippen LogP contribution in [0.15, 0.2) is 59.8 Å². The van der Waals surface area contributed by atoms with Gasteiger partial charge in [0, 0.05) is 23.0 Å². The number of nitriles is 3. The predicted octanol–water partition coefficient (Wildman–Crippen LogP) is 3.18. The van der Waals surface area contributed by atoms with Crippen LogP contribution >= 0.6 is 0 Å². The number of allylic oxidation sites excluding steroid dienone is 2. The fourth-order valence-corrected chi connectivity index (χ4v) is 2.07. The highest BCUT2D eigenvalue weighted by molar-refractivity contribution is 6.04. The minimum atomic E-state index is -0.356. The Kier molecular flexibility index (Phi) is 5.93. The Morgan fingerprint density at radius 2 is 1.58 bits per heavy atom. The molecule has 2 N–H and O–H groups in total. The molecule has 0 saturated carbocycles. The minimum absolute atomic E-state index is 0.180. The highest BCUT2D eigenvalue weighted by atomic mass is 16.5. The van der Waals surface area contributed by atoms with E-state index in [1.54, 1.807) is 60.7 Å². The summed E-state index contributed by atoms with van der Waals surface area (Å²) in [7, 11) is 1.53. The summed E-state index contributed by atoms with van der Waals surface area (Å²) < 4.78 is 5.11. The highest BCUT2D eigenvalue weighted by Gasteiger charge is 2.10. The smallest absolute Gasteiger partial charge is 0.255 e. The van der Waals surface area contributed by atoms with E-state index in [2.05, 4.69) is 10.6 Å². The summed E-state index contributed by atoms with van der Waals surface area (Å²) in [6, 6.07) is 18.3. The molecule has 26 heavy (non-hydrogen) atoms. The number of hydrogen-bond acceptors (Lipinski definition) is 6. The van der Waals surface area contributed by atoms with Crippen molar-refractivity contribution in [1.82, 2.24) is 0 Å². The molecule has 7 heteroatoms. The fourth-order valence-electron chi connectivity index (χ4n) is 2.07. The number of amides is 1. The molecule has 0 radical (unpaired) electrons. The molecule has 0 aliphatic heterocycles. The van der Waals surface area contributed by atoms with Gasteiger partial charge in [0.2, 0.25) is 0 Å². The molecular weight excluding hydrogens is 330 g/mol. The molecule has 7 nitrogen and oxygen atoms in total. The molecule has 0 heterocycles. The lowest BCUT2D eigenvalue weighted by atomic mass is 10.1. The number of carbonyl (C=O) groups is 1. The van der Waals surface area contributed by atoms with Crippen molar-refractivity contribution in [2.45, 2.75) is 0 Å². The van der Waals surface area contributed by atoms with Crippen LogP contribution in [0.25, 0.3) is 0 Å². The summed E-state index contributed by atoms with van der Waals surface area (Å²) in [6.45, 7) is 0. The molecule has 0 atom stereocenters. The average molecular weight is 343 g/mol. The van der Waals surface area contributed by atoms with Crippen LogP contribution in [0.2, 0.25) is 0 Å². The molecule has 0 aromatic heterocycles. The Bertz CT molecular complexity index is 974. The van der Waals surface area contributed by atoms with Gasteiger partial charge >= 0.3 is 0 Å². The number of nitrogens with zero attached hydrogens (tertiary/aromatic N) is 3. The van der Waals surface area contributed by atoms with Gasteiger partial charge in [-0.25, -0.2) is 0 Å². The van der Waals surface area contributed by atoms with E-state index >= 15 is 0 Å². The van der Waals surface area contributed by atoms with Crippen molar-refractivity contribution in [1.29, 1.82) is 15.8 Å². The number of methoxy groups -OCH3 is 1. The standard InChI is InChI=1S/C19H13N5O2/c1-26-17-7-3-6-16(9-17)24-19(25)13-4-2-5-15(8-13)23-18(12-22)14(10-20)11-21/h2-9,23H,1H3,(H,24,25). The van der Waals surface area contributed by atoms with Gasteiger partial charge in [0.1, 0.15) is 29.7 Å². The molecule has 2 aromatic rings. The van der Waals surface area contributed by atoms with Gasteiger partial charge in [-0.2, -0.15) is 15.8 Å². The largest absolute Gasteiger partial charge is 0.497 e. The monoisotopic (exact) mass is 343 g/mol. The number of benzene rings is 2. The van der Waals surface area contributed by atoms with Gasteiger partial charge in [0.25, 0.3) is 5.91 Å². The fraction of sp³-hybridized carbons (Fsp3) is 0.0526. The maximum Gasteiger partial charge on any atom is 0.255 e. The van der Waals surface area contributed by atoms with E-state index in [9.17, 15) is 4.79 Å². The van der Waals surface area contributed by atoms with Crippen LogP contribution in [0.1, 0.15) is 10.4 Å². The first-order valence-corrected chi connectivity index (χ1v) is 7.38. The molecule has 0 bridgehead atoms. The van der Waals surface area contributed by atoms with Gasteiger partial charge in [-0.05, 0) is 30.3 Å². The van der Waals surface area contributed by atoms with Gasteiger partial charge in [0.05, 0.1) is 7.11 Å². The van der Waals surface area contributed by atoms with E-state index in [0.29, 0.717) is 22.7 Å². The summed E-state index contributed by atoms with van der Waals surface area (Å²) in [5.74, 6) is 0.257. The maximum absolute atomic E-state index is 12.4. The van der Waals surface area contributed by atoms with E-state index < -0.39 is 0 Å². The molecular formula is C19H13N5O2. The number of carbonyl (C=O) groups excluding carboxylic acids is 1. The first-order valence-electron chi connectivity index (χ1n) is 7.38. The van der Waals surface area contributed by atoms with Crippen molar-refractivity contribution in [3.8, 4) is 24.0 Å². The number of hydrogen-bond donors (Lipinski definition) is 2. The topological polar surface area (TPSA) is 122 Å². The van der Waals surface area contributed by atoms with Gasteiger partial charge in [0.15, 0.2) is 5.57 Å². The second kappa shape index (κ2) is 8.54. The summed E-state index contributed by atoms with van der Waals surface area (Å²) in [6.07, 6.45) is 0. The van der Waals surface area contributed by atoms with Crippen molar-refractivity contribution >= 4 is 17.3 Å². The lowest BCUT2D eigenvalue weighted by molar-refractivity contribution is 0.102. The van der Waals surface area contributed by atoms with E-state index in [0.717, 1.165) is 0 Å². The number of ether oxygens (including phenoxy) is 1. The van der Waals surface area contributed by atoms with Crippen molar-refractivity contribution in [3.05, 3.63) is 65.4 Å². The molecule has 0 aliphatic rings. The van der Waals surface area contributed by atoms with Crippen LogP contribution in [0.4, 0.5) is 11.4 Å². The summed E-state index contributed by atoms with van der Waals surface area (Å²) in [4.78, 5) is 12.4. The zero-order chi connectivity index (χ0) is 18.9. The molecule has 126 valence electrons. The Morgan fingerprint density at radius 1 is 0.923 bits per heavy atom. The summed E-state index contributed by atoms with van der Waals surface area (Å²) in [5.41, 5.74) is 0.800. The van der Waals surface area contributed by atoms with Gasteiger partial charge in [-0.3, -0.25) is 4.79 Å². The number of nitrogens with one attached hydrogen (secondary N) is 2. The van der Waals surface area contributed by atoms with Crippen LogP contribution in [0.3, 0.4) is 0 Å². The van der Waals surface area contributed by atoms with Gasteiger partial charge in [-0.1, -0.05) is 12.1 Å². The van der Waals surface area contributed by atoms with Crippen molar-refractivity contribution < 1.29 is 9.53 Å². The third kappa shape index (κ3) is 4.38. The zero-order valence-electron chi connectivity index (χ0n) is 13.8. The third-order valence-corrected chi connectivity index (χ3v) is 3.31. The van der Waals surface area contributed by atoms with Gasteiger partial charge < -0.3 is 15.4 Å². The highest BCUT2D eigenvalue weighted by Crippen LogP contribution is 2.19. The maximum atomic E-state index is 12.4. The molecule has 0 saturated heterocycles.